The minimum atomic E-state index is -2.45. The summed E-state index contributed by atoms with van der Waals surface area (Å²) in [5, 5.41) is 3.24. The number of rotatable bonds is 3. The summed E-state index contributed by atoms with van der Waals surface area (Å²) in [7, 11) is 0. The Morgan fingerprint density at radius 3 is 3.06 bits per heavy atom. The molecule has 4 nitrogen and oxygen atoms in total. The van der Waals surface area contributed by atoms with Gasteiger partial charge in [-0.3, -0.25) is 4.79 Å². The zero-order valence-corrected chi connectivity index (χ0v) is 10.3. The van der Waals surface area contributed by atoms with E-state index >= 15 is 0 Å². The number of halogens is 2. The van der Waals surface area contributed by atoms with Gasteiger partial charge in [-0.2, -0.15) is 0 Å². The van der Waals surface area contributed by atoms with Gasteiger partial charge < -0.3 is 14.8 Å². The first-order valence-corrected chi connectivity index (χ1v) is 6.04. The van der Waals surface area contributed by atoms with Crippen LogP contribution in [-0.2, 0) is 6.54 Å². The lowest BCUT2D eigenvalue weighted by Gasteiger charge is -2.32. The number of nitrogens with zero attached hydrogens (tertiary/aromatic N) is 2. The minimum Gasteiger partial charge on any atom is -0.338 e. The van der Waals surface area contributed by atoms with E-state index in [1.54, 1.807) is 17.0 Å². The summed E-state index contributed by atoms with van der Waals surface area (Å²) in [5.41, 5.74) is 0.337. The van der Waals surface area contributed by atoms with Crippen LogP contribution in [0.15, 0.2) is 18.3 Å². The smallest absolute Gasteiger partial charge is 0.270 e. The third-order valence-electron chi connectivity index (χ3n) is 3.04. The molecule has 2 heterocycles. The van der Waals surface area contributed by atoms with Gasteiger partial charge in [0, 0.05) is 31.9 Å². The van der Waals surface area contributed by atoms with Gasteiger partial charge in [-0.1, -0.05) is 0 Å². The molecule has 0 bridgehead atoms. The van der Waals surface area contributed by atoms with Crippen LogP contribution in [-0.4, -0.2) is 47.5 Å². The van der Waals surface area contributed by atoms with E-state index in [4.69, 9.17) is 0 Å². The molecule has 1 aliphatic rings. The third kappa shape index (κ3) is 2.87. The van der Waals surface area contributed by atoms with Gasteiger partial charge in [0.25, 0.3) is 12.3 Å². The van der Waals surface area contributed by atoms with E-state index < -0.39 is 13.0 Å². The Bertz CT molecular complexity index is 419. The molecule has 1 atom stereocenters. The van der Waals surface area contributed by atoms with Crippen molar-refractivity contribution < 1.29 is 13.6 Å². The van der Waals surface area contributed by atoms with E-state index in [2.05, 4.69) is 5.32 Å². The lowest BCUT2D eigenvalue weighted by atomic mass is 10.2. The van der Waals surface area contributed by atoms with Gasteiger partial charge in [0.15, 0.2) is 0 Å². The molecular formula is C12H17F2N3O. The fourth-order valence-corrected chi connectivity index (χ4v) is 2.19. The van der Waals surface area contributed by atoms with Crippen LogP contribution in [0.3, 0.4) is 0 Å². The number of carbonyl (C=O) groups is 1. The van der Waals surface area contributed by atoms with Crippen LogP contribution in [0.25, 0.3) is 0 Å². The normalized spacial score (nSPS) is 20.4. The van der Waals surface area contributed by atoms with Crippen LogP contribution >= 0.6 is 0 Å². The van der Waals surface area contributed by atoms with Crippen molar-refractivity contribution in [1.82, 2.24) is 14.8 Å². The zero-order valence-electron chi connectivity index (χ0n) is 10.3. The Hall–Kier alpha value is -1.43. The molecule has 1 aromatic heterocycles. The van der Waals surface area contributed by atoms with Crippen molar-refractivity contribution in [2.75, 3.05) is 19.6 Å². The minimum absolute atomic E-state index is 0.172. The van der Waals surface area contributed by atoms with Gasteiger partial charge >= 0.3 is 0 Å². The van der Waals surface area contributed by atoms with E-state index in [0.29, 0.717) is 18.8 Å². The summed E-state index contributed by atoms with van der Waals surface area (Å²) < 4.78 is 26.1. The summed E-state index contributed by atoms with van der Waals surface area (Å²) >= 11 is 0. The maximum absolute atomic E-state index is 12.4. The Balaban J connectivity index is 2.10. The van der Waals surface area contributed by atoms with E-state index in [9.17, 15) is 13.6 Å². The summed E-state index contributed by atoms with van der Waals surface area (Å²) in [5.74, 6) is -0.172. The molecule has 0 radical (unpaired) electrons. The molecule has 1 fully saturated rings. The van der Waals surface area contributed by atoms with Crippen LogP contribution in [0.2, 0.25) is 0 Å². The van der Waals surface area contributed by atoms with Gasteiger partial charge in [-0.15, -0.1) is 0 Å². The second-order valence-corrected chi connectivity index (χ2v) is 4.54. The lowest BCUT2D eigenvalue weighted by Crippen LogP contribution is -2.51. The van der Waals surface area contributed by atoms with Crippen LogP contribution in [0, 0.1) is 0 Å². The van der Waals surface area contributed by atoms with Gasteiger partial charge in [0.1, 0.15) is 5.69 Å². The molecule has 1 aliphatic heterocycles. The predicted molar refractivity (Wildman–Crippen MR) is 63.8 cm³/mol. The maximum atomic E-state index is 12.4. The molecular weight excluding hydrogens is 240 g/mol. The molecule has 1 aromatic rings. The molecule has 1 saturated heterocycles. The van der Waals surface area contributed by atoms with Crippen molar-refractivity contribution in [3.05, 3.63) is 24.0 Å². The molecule has 6 heteroatoms. The highest BCUT2D eigenvalue weighted by molar-refractivity contribution is 5.92. The monoisotopic (exact) mass is 257 g/mol. The second-order valence-electron chi connectivity index (χ2n) is 4.54. The summed E-state index contributed by atoms with van der Waals surface area (Å²) in [6.45, 7) is 3.53. The Labute approximate surface area is 105 Å². The van der Waals surface area contributed by atoms with Crippen molar-refractivity contribution in [2.45, 2.75) is 25.9 Å². The van der Waals surface area contributed by atoms with Crippen LogP contribution in [0.5, 0.6) is 0 Å². The number of amides is 1. The standard InChI is InChI=1S/C12H17F2N3O/c1-9-7-17(6-4-15-9)12(18)10-3-2-5-16(10)8-11(13)14/h2-3,5,9,11,15H,4,6-8H2,1H3/t9-/m0/s1. The van der Waals surface area contributed by atoms with E-state index in [1.165, 1.54) is 10.8 Å². The molecule has 1 N–H and O–H groups in total. The summed E-state index contributed by atoms with van der Waals surface area (Å²) in [6, 6.07) is 3.46. The van der Waals surface area contributed by atoms with E-state index in [0.717, 1.165) is 6.54 Å². The van der Waals surface area contributed by atoms with Crippen molar-refractivity contribution in [1.29, 1.82) is 0 Å². The van der Waals surface area contributed by atoms with Gasteiger partial charge in [0.2, 0.25) is 0 Å². The number of alkyl halides is 2. The average molecular weight is 257 g/mol. The quantitative estimate of drug-likeness (QED) is 0.883. The van der Waals surface area contributed by atoms with Crippen LogP contribution in [0.1, 0.15) is 17.4 Å². The first kappa shape index (κ1) is 13.0. The number of aromatic nitrogens is 1. The summed E-state index contributed by atoms with van der Waals surface area (Å²) in [6.07, 6.45) is -0.934. The molecule has 0 aliphatic carbocycles. The summed E-state index contributed by atoms with van der Waals surface area (Å²) in [4.78, 5) is 13.9. The fraction of sp³-hybridized carbons (Fsp3) is 0.583. The number of carbonyl (C=O) groups excluding carboxylic acids is 1. The molecule has 0 aromatic carbocycles. The van der Waals surface area contributed by atoms with Gasteiger partial charge in [-0.05, 0) is 19.1 Å². The van der Waals surface area contributed by atoms with Crippen LogP contribution < -0.4 is 5.32 Å². The molecule has 18 heavy (non-hydrogen) atoms. The van der Waals surface area contributed by atoms with Gasteiger partial charge in [0.05, 0.1) is 6.54 Å². The number of nitrogens with one attached hydrogen (secondary N) is 1. The first-order valence-electron chi connectivity index (χ1n) is 6.04. The molecule has 1 amide bonds. The highest BCUT2D eigenvalue weighted by Gasteiger charge is 2.24. The Kier molecular flexibility index (Phi) is 3.96. The van der Waals surface area contributed by atoms with Crippen molar-refractivity contribution >= 4 is 5.91 Å². The second kappa shape index (κ2) is 5.48. The largest absolute Gasteiger partial charge is 0.338 e. The maximum Gasteiger partial charge on any atom is 0.270 e. The highest BCUT2D eigenvalue weighted by Crippen LogP contribution is 2.11. The SMILES string of the molecule is C[C@H]1CN(C(=O)c2cccn2CC(F)F)CCN1. The third-order valence-corrected chi connectivity index (χ3v) is 3.04. The van der Waals surface area contributed by atoms with E-state index in [-0.39, 0.29) is 11.9 Å². The average Bonchev–Trinajstić information content (AvgIpc) is 2.75. The Morgan fingerprint density at radius 2 is 2.39 bits per heavy atom. The first-order chi connectivity index (χ1) is 8.58. The van der Waals surface area contributed by atoms with Crippen molar-refractivity contribution in [3.63, 3.8) is 0 Å². The van der Waals surface area contributed by atoms with Crippen LogP contribution in [0.4, 0.5) is 8.78 Å². The molecule has 0 spiro atoms. The number of hydrogen-bond acceptors (Lipinski definition) is 2. The van der Waals surface area contributed by atoms with Gasteiger partial charge in [-0.25, -0.2) is 8.78 Å². The molecule has 2 rings (SSSR count). The Morgan fingerprint density at radius 1 is 1.61 bits per heavy atom. The lowest BCUT2D eigenvalue weighted by molar-refractivity contribution is 0.0689. The number of piperazine rings is 1. The fourth-order valence-electron chi connectivity index (χ4n) is 2.19. The molecule has 100 valence electrons. The zero-order chi connectivity index (χ0) is 13.1. The molecule has 0 unspecified atom stereocenters. The topological polar surface area (TPSA) is 37.3 Å². The van der Waals surface area contributed by atoms with E-state index in [1.807, 2.05) is 6.92 Å². The van der Waals surface area contributed by atoms with Crippen molar-refractivity contribution in [3.8, 4) is 0 Å². The molecule has 0 saturated carbocycles. The predicted octanol–water partition coefficient (Wildman–Crippen LogP) is 1.19. The van der Waals surface area contributed by atoms with Crippen molar-refractivity contribution in [2.24, 2.45) is 0 Å². The number of hydrogen-bond donors (Lipinski definition) is 1. The highest BCUT2D eigenvalue weighted by atomic mass is 19.3.